The van der Waals surface area contributed by atoms with E-state index in [2.05, 4.69) is 0 Å². The lowest BCUT2D eigenvalue weighted by Crippen LogP contribution is -2.08. The Balaban J connectivity index is 2.58. The minimum Gasteiger partial charge on any atom is -0.508 e. The maximum absolute atomic E-state index is 11.9. The molecule has 0 unspecified atom stereocenters. The molecule has 0 spiro atoms. The maximum atomic E-state index is 11.9. The average Bonchev–Trinajstić information content (AvgIpc) is 2.74. The van der Waals surface area contributed by atoms with Crippen molar-refractivity contribution in [2.75, 3.05) is 6.61 Å². The van der Waals surface area contributed by atoms with Crippen molar-refractivity contribution in [3.63, 3.8) is 0 Å². The fourth-order valence-electron chi connectivity index (χ4n) is 1.51. The first kappa shape index (κ1) is 15.8. The van der Waals surface area contributed by atoms with E-state index in [1.165, 1.54) is 12.2 Å². The second kappa shape index (κ2) is 8.75. The fraction of sp³-hybridized carbons (Fsp3) is 0.235. The van der Waals surface area contributed by atoms with Gasteiger partial charge in [-0.25, -0.2) is 4.79 Å². The van der Waals surface area contributed by atoms with Crippen LogP contribution in [-0.4, -0.2) is 17.7 Å². The van der Waals surface area contributed by atoms with Crippen molar-refractivity contribution in [1.29, 1.82) is 0 Å². The summed E-state index contributed by atoms with van der Waals surface area (Å²) >= 11 is 0. The molecular formula is C17H20O3. The predicted octanol–water partition coefficient (Wildman–Crippen LogP) is 3.94. The summed E-state index contributed by atoms with van der Waals surface area (Å²) in [4.78, 5) is 11.9. The van der Waals surface area contributed by atoms with E-state index in [1.54, 1.807) is 26.0 Å². The quantitative estimate of drug-likeness (QED) is 0.357. The van der Waals surface area contributed by atoms with Crippen molar-refractivity contribution in [3.05, 3.63) is 71.6 Å². The van der Waals surface area contributed by atoms with Crippen molar-refractivity contribution in [2.24, 2.45) is 0 Å². The van der Waals surface area contributed by atoms with Crippen LogP contribution in [0, 0.1) is 0 Å². The topological polar surface area (TPSA) is 46.5 Å². The van der Waals surface area contributed by atoms with Crippen LogP contribution < -0.4 is 0 Å². The Kier molecular flexibility index (Phi) is 6.90. The van der Waals surface area contributed by atoms with Crippen LogP contribution >= 0.6 is 0 Å². The molecule has 1 aliphatic rings. The number of carbonyl (C=O) groups excluding carboxylic acids is 1. The van der Waals surface area contributed by atoms with Gasteiger partial charge in [-0.1, -0.05) is 36.5 Å². The summed E-state index contributed by atoms with van der Waals surface area (Å²) in [5.74, 6) is -0.299. The lowest BCUT2D eigenvalue weighted by atomic mass is 10.2. The zero-order valence-electron chi connectivity index (χ0n) is 11.9. The average molecular weight is 272 g/mol. The lowest BCUT2D eigenvalue weighted by molar-refractivity contribution is -0.137. The third-order valence-electron chi connectivity index (χ3n) is 2.70. The number of rotatable bonds is 5. The van der Waals surface area contributed by atoms with Crippen molar-refractivity contribution in [1.82, 2.24) is 0 Å². The molecular weight excluding hydrogens is 252 g/mol. The summed E-state index contributed by atoms with van der Waals surface area (Å²) in [5.41, 5.74) is 1.36. The highest BCUT2D eigenvalue weighted by molar-refractivity contribution is 5.91. The molecule has 0 amide bonds. The van der Waals surface area contributed by atoms with Gasteiger partial charge in [0.05, 0.1) is 5.57 Å². The number of allylic oxidation sites excluding steroid dienone is 7. The van der Waals surface area contributed by atoms with Crippen LogP contribution in [-0.2, 0) is 9.53 Å². The van der Waals surface area contributed by atoms with Gasteiger partial charge in [-0.05, 0) is 44.1 Å². The van der Waals surface area contributed by atoms with Gasteiger partial charge in [0.1, 0.15) is 12.4 Å². The third-order valence-corrected chi connectivity index (χ3v) is 2.70. The van der Waals surface area contributed by atoms with Crippen LogP contribution in [0.2, 0.25) is 0 Å². The number of aliphatic hydroxyl groups excluding tert-OH is 1. The van der Waals surface area contributed by atoms with Crippen LogP contribution in [0.4, 0.5) is 0 Å². The zero-order chi connectivity index (χ0) is 14.8. The van der Waals surface area contributed by atoms with Gasteiger partial charge >= 0.3 is 5.97 Å². The highest BCUT2D eigenvalue weighted by atomic mass is 16.5. The number of esters is 1. The predicted molar refractivity (Wildman–Crippen MR) is 81.2 cm³/mol. The van der Waals surface area contributed by atoms with Crippen LogP contribution in [0.1, 0.15) is 20.3 Å². The van der Waals surface area contributed by atoms with Gasteiger partial charge in [0.2, 0.25) is 0 Å². The summed E-state index contributed by atoms with van der Waals surface area (Å²) in [6.45, 7) is 3.70. The molecule has 1 N–H and O–H groups in total. The van der Waals surface area contributed by atoms with Gasteiger partial charge < -0.3 is 9.84 Å². The summed E-state index contributed by atoms with van der Waals surface area (Å²) in [6, 6.07) is 0. The molecule has 106 valence electrons. The van der Waals surface area contributed by atoms with Crippen molar-refractivity contribution < 1.29 is 14.6 Å². The lowest BCUT2D eigenvalue weighted by Gasteiger charge is -2.05. The van der Waals surface area contributed by atoms with E-state index in [0.717, 1.165) is 12.0 Å². The van der Waals surface area contributed by atoms with E-state index in [0.29, 0.717) is 5.57 Å². The van der Waals surface area contributed by atoms with E-state index in [1.807, 2.05) is 30.4 Å². The van der Waals surface area contributed by atoms with E-state index in [-0.39, 0.29) is 12.4 Å². The van der Waals surface area contributed by atoms with E-state index >= 15 is 0 Å². The Morgan fingerprint density at radius 2 is 2.10 bits per heavy atom. The van der Waals surface area contributed by atoms with Gasteiger partial charge in [-0.15, -0.1) is 0 Å². The Hall–Kier alpha value is -2.29. The zero-order valence-corrected chi connectivity index (χ0v) is 11.9. The van der Waals surface area contributed by atoms with Gasteiger partial charge in [0.25, 0.3) is 0 Å². The number of aliphatic hydroxyl groups is 1. The Labute approximate surface area is 120 Å². The number of hydrogen-bond acceptors (Lipinski definition) is 3. The molecule has 0 aromatic carbocycles. The molecule has 0 radical (unpaired) electrons. The molecule has 3 heteroatoms. The second-order valence-corrected chi connectivity index (χ2v) is 4.17. The Morgan fingerprint density at radius 1 is 1.30 bits per heavy atom. The van der Waals surface area contributed by atoms with E-state index < -0.39 is 5.97 Å². The number of hydrogen-bond donors (Lipinski definition) is 1. The largest absolute Gasteiger partial charge is 0.508 e. The maximum Gasteiger partial charge on any atom is 0.338 e. The molecule has 0 fully saturated rings. The first-order chi connectivity index (χ1) is 9.67. The van der Waals surface area contributed by atoms with Gasteiger partial charge in [-0.3, -0.25) is 0 Å². The van der Waals surface area contributed by atoms with Crippen LogP contribution in [0.5, 0.6) is 0 Å². The molecule has 1 rings (SSSR count). The van der Waals surface area contributed by atoms with E-state index in [4.69, 9.17) is 4.74 Å². The van der Waals surface area contributed by atoms with Crippen LogP contribution in [0.25, 0.3) is 0 Å². The first-order valence-corrected chi connectivity index (χ1v) is 6.56. The van der Waals surface area contributed by atoms with Crippen molar-refractivity contribution >= 4 is 5.97 Å². The molecule has 0 aliphatic heterocycles. The highest BCUT2D eigenvalue weighted by Gasteiger charge is 2.07. The minimum atomic E-state index is -0.407. The smallest absolute Gasteiger partial charge is 0.338 e. The second-order valence-electron chi connectivity index (χ2n) is 4.17. The Morgan fingerprint density at radius 3 is 2.80 bits per heavy atom. The third kappa shape index (κ3) is 5.57. The van der Waals surface area contributed by atoms with Gasteiger partial charge in [0.15, 0.2) is 0 Å². The normalized spacial score (nSPS) is 16.2. The summed E-state index contributed by atoms with van der Waals surface area (Å²) in [5, 5.41) is 9.32. The summed E-state index contributed by atoms with van der Waals surface area (Å²) < 4.78 is 5.24. The van der Waals surface area contributed by atoms with Crippen LogP contribution in [0.15, 0.2) is 71.6 Å². The first-order valence-electron chi connectivity index (χ1n) is 6.56. The molecule has 0 heterocycles. The van der Waals surface area contributed by atoms with Gasteiger partial charge in [0, 0.05) is 0 Å². The molecule has 20 heavy (non-hydrogen) atoms. The molecule has 3 nitrogen and oxygen atoms in total. The van der Waals surface area contributed by atoms with Gasteiger partial charge in [-0.2, -0.15) is 0 Å². The fourth-order valence-corrected chi connectivity index (χ4v) is 1.51. The SMILES string of the molecule is C\C=C(O)/C=C\C(=C/C)C(=O)OCC1=CC=CCC=C1. The van der Waals surface area contributed by atoms with E-state index in [9.17, 15) is 9.90 Å². The summed E-state index contributed by atoms with van der Waals surface area (Å²) in [6.07, 6.45) is 17.0. The molecule has 0 saturated carbocycles. The summed E-state index contributed by atoms with van der Waals surface area (Å²) in [7, 11) is 0. The molecule has 0 aromatic heterocycles. The van der Waals surface area contributed by atoms with Crippen molar-refractivity contribution in [3.8, 4) is 0 Å². The standard InChI is InChI=1S/C17H20O3/c1-3-15(11-12-16(18)4-2)17(19)20-13-14-9-7-5-6-8-10-14/h3-5,7-12,18H,6,13H2,1-2H3/b12-11-,15-3+,16-4+. The highest BCUT2D eigenvalue weighted by Crippen LogP contribution is 2.08. The minimum absolute atomic E-state index is 0.108. The molecule has 0 saturated heterocycles. The molecule has 0 aromatic rings. The molecule has 0 atom stereocenters. The van der Waals surface area contributed by atoms with Crippen molar-refractivity contribution in [2.45, 2.75) is 20.3 Å². The molecule has 1 aliphatic carbocycles. The number of ether oxygens (including phenoxy) is 1. The molecule has 0 bridgehead atoms. The Bertz CT molecular complexity index is 514. The number of carbonyl (C=O) groups is 1. The monoisotopic (exact) mass is 272 g/mol. The van der Waals surface area contributed by atoms with Crippen LogP contribution in [0.3, 0.4) is 0 Å².